The molecular formula is C9H14O2. The van der Waals surface area contributed by atoms with Crippen molar-refractivity contribution in [3.05, 3.63) is 0 Å². The van der Waals surface area contributed by atoms with E-state index in [9.17, 15) is 4.79 Å². The molecule has 0 amide bonds. The molecule has 0 saturated heterocycles. The maximum Gasteiger partial charge on any atom is 0.305 e. The van der Waals surface area contributed by atoms with Crippen molar-refractivity contribution in [3.8, 4) is 0 Å². The van der Waals surface area contributed by atoms with Gasteiger partial charge in [0.2, 0.25) is 0 Å². The highest BCUT2D eigenvalue weighted by molar-refractivity contribution is 5.69. The zero-order chi connectivity index (χ0) is 7.90. The summed E-state index contributed by atoms with van der Waals surface area (Å²) >= 11 is 0. The third-order valence-corrected chi connectivity index (χ3v) is 3.25. The molecule has 62 valence electrons. The Labute approximate surface area is 66.9 Å². The number of hydrogen-bond acceptors (Lipinski definition) is 2. The normalized spacial score (nSPS) is 38.8. The summed E-state index contributed by atoms with van der Waals surface area (Å²) in [6.45, 7) is 0. The second kappa shape index (κ2) is 2.23. The van der Waals surface area contributed by atoms with E-state index in [1.165, 1.54) is 26.4 Å². The van der Waals surface area contributed by atoms with Gasteiger partial charge in [0, 0.05) is 6.42 Å². The molecule has 3 aliphatic rings. The maximum atomic E-state index is 10.8. The van der Waals surface area contributed by atoms with Crippen molar-refractivity contribution >= 4 is 5.97 Å². The minimum absolute atomic E-state index is 0.0466. The largest absolute Gasteiger partial charge is 0.469 e. The van der Waals surface area contributed by atoms with Crippen molar-refractivity contribution in [2.24, 2.45) is 11.3 Å². The monoisotopic (exact) mass is 154 g/mol. The minimum atomic E-state index is -0.0466. The lowest BCUT2D eigenvalue weighted by molar-refractivity contribution is -0.148. The van der Waals surface area contributed by atoms with Gasteiger partial charge in [-0.3, -0.25) is 4.79 Å². The Morgan fingerprint density at radius 3 is 2.55 bits per heavy atom. The summed E-state index contributed by atoms with van der Waals surface area (Å²) in [4.78, 5) is 10.8. The van der Waals surface area contributed by atoms with Crippen LogP contribution in [0.4, 0.5) is 0 Å². The summed E-state index contributed by atoms with van der Waals surface area (Å²) in [7, 11) is 1.46. The average molecular weight is 154 g/mol. The molecule has 3 saturated carbocycles. The van der Waals surface area contributed by atoms with Crippen LogP contribution in [-0.2, 0) is 9.53 Å². The fourth-order valence-electron chi connectivity index (χ4n) is 2.43. The Bertz CT molecular complexity index is 169. The van der Waals surface area contributed by atoms with Gasteiger partial charge in [0.1, 0.15) is 0 Å². The number of hydrogen-bond donors (Lipinski definition) is 0. The van der Waals surface area contributed by atoms with Gasteiger partial charge in [-0.05, 0) is 37.0 Å². The van der Waals surface area contributed by atoms with Crippen molar-refractivity contribution in [2.45, 2.75) is 32.1 Å². The summed E-state index contributed by atoms with van der Waals surface area (Å²) in [6, 6.07) is 0. The Kier molecular flexibility index (Phi) is 1.44. The van der Waals surface area contributed by atoms with Gasteiger partial charge in [-0.15, -0.1) is 0 Å². The Hall–Kier alpha value is -0.530. The first-order valence-corrected chi connectivity index (χ1v) is 4.31. The van der Waals surface area contributed by atoms with Gasteiger partial charge < -0.3 is 4.74 Å². The van der Waals surface area contributed by atoms with Crippen LogP contribution in [-0.4, -0.2) is 13.1 Å². The van der Waals surface area contributed by atoms with Crippen LogP contribution >= 0.6 is 0 Å². The van der Waals surface area contributed by atoms with E-state index >= 15 is 0 Å². The molecule has 0 spiro atoms. The third-order valence-electron chi connectivity index (χ3n) is 3.25. The van der Waals surface area contributed by atoms with Gasteiger partial charge in [0.15, 0.2) is 0 Å². The Balaban J connectivity index is 1.70. The van der Waals surface area contributed by atoms with Crippen molar-refractivity contribution in [1.82, 2.24) is 0 Å². The zero-order valence-electron chi connectivity index (χ0n) is 6.93. The molecule has 0 aromatic carbocycles. The van der Waals surface area contributed by atoms with E-state index in [1.54, 1.807) is 0 Å². The predicted molar refractivity (Wildman–Crippen MR) is 41.0 cm³/mol. The third kappa shape index (κ3) is 1.05. The Morgan fingerprint density at radius 2 is 2.18 bits per heavy atom. The average Bonchev–Trinajstić information content (AvgIpc) is 1.81. The van der Waals surface area contributed by atoms with Crippen LogP contribution in [0, 0.1) is 11.3 Å². The second-order valence-corrected chi connectivity index (χ2v) is 4.05. The van der Waals surface area contributed by atoms with Gasteiger partial charge >= 0.3 is 5.97 Å². The molecule has 0 radical (unpaired) electrons. The molecule has 2 heteroatoms. The fourth-order valence-corrected chi connectivity index (χ4v) is 2.43. The van der Waals surface area contributed by atoms with E-state index in [1.807, 2.05) is 0 Å². The molecule has 3 rings (SSSR count). The standard InChI is InChI=1S/C9H14O2/c1-11-8(10)2-3-9-4-7(5-9)6-9/h7H,2-6H2,1H3. The van der Waals surface area contributed by atoms with Crippen molar-refractivity contribution < 1.29 is 9.53 Å². The molecule has 0 aliphatic heterocycles. The van der Waals surface area contributed by atoms with E-state index in [4.69, 9.17) is 0 Å². The smallest absolute Gasteiger partial charge is 0.305 e. The highest BCUT2D eigenvalue weighted by Gasteiger charge is 2.55. The highest BCUT2D eigenvalue weighted by Crippen LogP contribution is 2.66. The van der Waals surface area contributed by atoms with Crippen LogP contribution in [0.1, 0.15) is 32.1 Å². The summed E-state index contributed by atoms with van der Waals surface area (Å²) in [5.41, 5.74) is 0.596. The molecule has 11 heavy (non-hydrogen) atoms. The van der Waals surface area contributed by atoms with Crippen LogP contribution < -0.4 is 0 Å². The summed E-state index contributed by atoms with van der Waals surface area (Å²) < 4.78 is 4.59. The molecule has 2 nitrogen and oxygen atoms in total. The Morgan fingerprint density at radius 1 is 1.55 bits per heavy atom. The number of esters is 1. The van der Waals surface area contributed by atoms with Crippen LogP contribution in [0.3, 0.4) is 0 Å². The number of carbonyl (C=O) groups is 1. The second-order valence-electron chi connectivity index (χ2n) is 4.05. The fraction of sp³-hybridized carbons (Fsp3) is 0.889. The molecule has 0 unspecified atom stereocenters. The maximum absolute atomic E-state index is 10.8. The topological polar surface area (TPSA) is 26.3 Å². The molecular weight excluding hydrogens is 140 g/mol. The lowest BCUT2D eigenvalue weighted by atomic mass is 9.43. The van der Waals surface area contributed by atoms with Gasteiger partial charge in [-0.1, -0.05) is 0 Å². The van der Waals surface area contributed by atoms with Gasteiger partial charge in [-0.2, -0.15) is 0 Å². The molecule has 2 bridgehead atoms. The molecule has 0 N–H and O–H groups in total. The van der Waals surface area contributed by atoms with Crippen molar-refractivity contribution in [2.75, 3.05) is 7.11 Å². The lowest BCUT2D eigenvalue weighted by Crippen LogP contribution is -2.51. The van der Waals surface area contributed by atoms with E-state index in [0.717, 1.165) is 12.3 Å². The first-order valence-electron chi connectivity index (χ1n) is 4.31. The van der Waals surface area contributed by atoms with Crippen LogP contribution in [0.15, 0.2) is 0 Å². The SMILES string of the molecule is COC(=O)CCC12CC(C1)C2. The summed E-state index contributed by atoms with van der Waals surface area (Å²) in [6.07, 6.45) is 5.83. The van der Waals surface area contributed by atoms with Crippen LogP contribution in [0.5, 0.6) is 0 Å². The molecule has 0 heterocycles. The summed E-state index contributed by atoms with van der Waals surface area (Å²) in [5.74, 6) is 0.974. The lowest BCUT2D eigenvalue weighted by Gasteiger charge is -2.62. The van der Waals surface area contributed by atoms with Crippen molar-refractivity contribution in [3.63, 3.8) is 0 Å². The first kappa shape index (κ1) is 7.14. The van der Waals surface area contributed by atoms with E-state index in [-0.39, 0.29) is 5.97 Å². The van der Waals surface area contributed by atoms with Gasteiger partial charge in [0.25, 0.3) is 0 Å². The molecule has 3 aliphatic carbocycles. The van der Waals surface area contributed by atoms with Crippen molar-refractivity contribution in [1.29, 1.82) is 0 Å². The van der Waals surface area contributed by atoms with E-state index < -0.39 is 0 Å². The number of rotatable bonds is 3. The quantitative estimate of drug-likeness (QED) is 0.579. The number of ether oxygens (including phenoxy) is 1. The van der Waals surface area contributed by atoms with Gasteiger partial charge in [0.05, 0.1) is 7.11 Å². The van der Waals surface area contributed by atoms with E-state index in [0.29, 0.717) is 11.8 Å². The van der Waals surface area contributed by atoms with Crippen LogP contribution in [0.25, 0.3) is 0 Å². The molecule has 0 aromatic rings. The first-order chi connectivity index (χ1) is 5.24. The highest BCUT2D eigenvalue weighted by atomic mass is 16.5. The number of methoxy groups -OCH3 is 1. The minimum Gasteiger partial charge on any atom is -0.469 e. The zero-order valence-corrected chi connectivity index (χ0v) is 6.93. The molecule has 0 aromatic heterocycles. The van der Waals surface area contributed by atoms with Crippen LogP contribution in [0.2, 0.25) is 0 Å². The molecule has 0 atom stereocenters. The van der Waals surface area contributed by atoms with E-state index in [2.05, 4.69) is 4.74 Å². The summed E-state index contributed by atoms with van der Waals surface area (Å²) in [5, 5.41) is 0. The number of carbonyl (C=O) groups excluding carboxylic acids is 1. The predicted octanol–water partition coefficient (Wildman–Crippen LogP) is 1.74. The molecule has 3 fully saturated rings. The van der Waals surface area contributed by atoms with Gasteiger partial charge in [-0.25, -0.2) is 0 Å².